The number of ether oxygens (including phenoxy) is 2. The topological polar surface area (TPSA) is 105 Å². The van der Waals surface area contributed by atoms with Gasteiger partial charge in [-0.3, -0.25) is 0 Å². The van der Waals surface area contributed by atoms with E-state index in [1.807, 2.05) is 0 Å². The van der Waals surface area contributed by atoms with Gasteiger partial charge in [0.1, 0.15) is 0 Å². The van der Waals surface area contributed by atoms with Crippen LogP contribution in [0.2, 0.25) is 0 Å². The second-order valence-corrected chi connectivity index (χ2v) is 12.9. The van der Waals surface area contributed by atoms with Crippen LogP contribution in [0.25, 0.3) is 0 Å². The van der Waals surface area contributed by atoms with Crippen molar-refractivity contribution in [2.24, 2.45) is 0 Å². The van der Waals surface area contributed by atoms with Crippen LogP contribution >= 0.6 is 0 Å². The summed E-state index contributed by atoms with van der Waals surface area (Å²) in [5, 5.41) is 20.5. The molecular formula is C36H66CdO6. The second kappa shape index (κ2) is 33.2. The van der Waals surface area contributed by atoms with Crippen molar-refractivity contribution in [2.75, 3.05) is 13.2 Å². The fraction of sp³-hybridized carbons (Fsp3) is 0.944. The number of hydrogen-bond acceptors (Lipinski definition) is 6. The second-order valence-electron chi connectivity index (χ2n) is 12.9. The van der Waals surface area contributed by atoms with Gasteiger partial charge in [-0.1, -0.05) is 154 Å². The Labute approximate surface area is 285 Å². The summed E-state index contributed by atoms with van der Waals surface area (Å²) in [6.45, 7) is 2.02. The standard InChI is InChI=1S/2C18H34O3.Cd/c2*19-18(20)15-13-11-9-7-5-3-1-2-4-6-8-10-12-14-17-16-21-17;/h2*17H,1-16H2,(H,19,20);/q;;+2/p-2. The first kappa shape index (κ1) is 42.8. The van der Waals surface area contributed by atoms with Crippen molar-refractivity contribution in [1.29, 1.82) is 0 Å². The molecule has 0 spiro atoms. The van der Waals surface area contributed by atoms with Crippen LogP contribution in [0, 0.1) is 0 Å². The van der Waals surface area contributed by atoms with Crippen LogP contribution in [0.4, 0.5) is 0 Å². The van der Waals surface area contributed by atoms with E-state index in [9.17, 15) is 19.8 Å². The number of rotatable bonds is 32. The summed E-state index contributed by atoms with van der Waals surface area (Å²) in [6.07, 6.45) is 37.4. The molecule has 7 heteroatoms. The van der Waals surface area contributed by atoms with Gasteiger partial charge in [0.25, 0.3) is 0 Å². The summed E-state index contributed by atoms with van der Waals surface area (Å²) in [7, 11) is 0. The van der Waals surface area contributed by atoms with E-state index in [4.69, 9.17) is 9.47 Å². The Morgan fingerprint density at radius 3 is 0.767 bits per heavy atom. The normalized spacial score (nSPS) is 16.7. The molecule has 43 heavy (non-hydrogen) atoms. The first-order chi connectivity index (χ1) is 20.6. The molecule has 0 bridgehead atoms. The number of unbranched alkanes of at least 4 members (excludes halogenated alkanes) is 24. The molecule has 2 unspecified atom stereocenters. The third-order valence-electron chi connectivity index (χ3n) is 8.62. The number of hydrogen-bond donors (Lipinski definition) is 0. The van der Waals surface area contributed by atoms with Crippen LogP contribution < -0.4 is 10.2 Å². The molecule has 0 aliphatic carbocycles. The Bertz CT molecular complexity index is 557. The molecule has 2 saturated heterocycles. The first-order valence-electron chi connectivity index (χ1n) is 18.2. The molecule has 0 radical (unpaired) electrons. The quantitative estimate of drug-likeness (QED) is 0.0399. The van der Waals surface area contributed by atoms with Gasteiger partial charge >= 0.3 is 27.3 Å². The minimum absolute atomic E-state index is 0. The molecule has 0 aromatic heterocycles. The Morgan fingerprint density at radius 2 is 0.581 bits per heavy atom. The van der Waals surface area contributed by atoms with Gasteiger partial charge in [-0.2, -0.15) is 0 Å². The predicted molar refractivity (Wildman–Crippen MR) is 168 cm³/mol. The van der Waals surface area contributed by atoms with E-state index in [0.29, 0.717) is 12.2 Å². The molecule has 2 rings (SSSR count). The van der Waals surface area contributed by atoms with Crippen LogP contribution in [0.1, 0.15) is 193 Å². The molecule has 2 heterocycles. The van der Waals surface area contributed by atoms with Gasteiger partial charge in [0.2, 0.25) is 0 Å². The van der Waals surface area contributed by atoms with E-state index < -0.39 is 11.9 Å². The summed E-state index contributed by atoms with van der Waals surface area (Å²) in [6, 6.07) is 0. The maximum Gasteiger partial charge on any atom is 2.00 e. The van der Waals surface area contributed by atoms with Gasteiger partial charge in [-0.15, -0.1) is 0 Å². The molecule has 0 aromatic carbocycles. The van der Waals surface area contributed by atoms with Crippen LogP contribution in [0.5, 0.6) is 0 Å². The molecule has 0 amide bonds. The minimum atomic E-state index is -0.907. The zero-order valence-corrected chi connectivity index (χ0v) is 32.0. The molecule has 2 atom stereocenters. The van der Waals surface area contributed by atoms with Crippen molar-refractivity contribution < 1.29 is 56.6 Å². The Balaban J connectivity index is 0.000000802. The number of aliphatic carboxylic acids is 2. The van der Waals surface area contributed by atoms with Crippen LogP contribution in [-0.2, 0) is 46.4 Å². The minimum Gasteiger partial charge on any atom is -0.550 e. The average Bonchev–Trinajstić information content (AvgIpc) is 3.89. The fourth-order valence-corrected chi connectivity index (χ4v) is 5.64. The van der Waals surface area contributed by atoms with Crippen molar-refractivity contribution in [2.45, 2.75) is 205 Å². The monoisotopic (exact) mass is 708 g/mol. The van der Waals surface area contributed by atoms with Gasteiger partial charge in [0.15, 0.2) is 0 Å². The molecule has 0 saturated carbocycles. The number of carboxylic acid groups (broad SMARTS) is 2. The van der Waals surface area contributed by atoms with Crippen LogP contribution in [-0.4, -0.2) is 37.4 Å². The van der Waals surface area contributed by atoms with Crippen molar-refractivity contribution in [3.05, 3.63) is 0 Å². The average molecular weight is 707 g/mol. The van der Waals surface area contributed by atoms with Crippen LogP contribution in [0.15, 0.2) is 0 Å². The van der Waals surface area contributed by atoms with Gasteiger partial charge < -0.3 is 29.3 Å². The Hall–Kier alpha value is -0.218. The van der Waals surface area contributed by atoms with E-state index >= 15 is 0 Å². The van der Waals surface area contributed by atoms with Gasteiger partial charge in [-0.05, 0) is 38.5 Å². The number of epoxide rings is 2. The summed E-state index contributed by atoms with van der Waals surface area (Å²) in [4.78, 5) is 20.5. The van der Waals surface area contributed by atoms with Gasteiger partial charge in [-0.25, -0.2) is 0 Å². The molecule has 2 aliphatic rings. The number of carboxylic acids is 2. The summed E-state index contributed by atoms with van der Waals surface area (Å²) in [5.41, 5.74) is 0. The largest absolute Gasteiger partial charge is 2.00 e. The van der Waals surface area contributed by atoms with Gasteiger partial charge in [0, 0.05) is 11.9 Å². The molecule has 248 valence electrons. The van der Waals surface area contributed by atoms with Crippen molar-refractivity contribution >= 4 is 11.9 Å². The third-order valence-corrected chi connectivity index (χ3v) is 8.62. The number of carbonyl (C=O) groups excluding carboxylic acids is 2. The molecule has 2 aliphatic heterocycles. The SMILES string of the molecule is O=C([O-])CCCCCCCCCCCCCCCC1CO1.O=C([O-])CCCCCCCCCCCCCCCC1CO1.[Cd+2]. The summed E-state index contributed by atoms with van der Waals surface area (Å²) >= 11 is 0. The van der Waals surface area contributed by atoms with E-state index in [2.05, 4.69) is 0 Å². The fourth-order valence-electron chi connectivity index (χ4n) is 5.64. The molecule has 0 aromatic rings. The van der Waals surface area contributed by atoms with Crippen molar-refractivity contribution in [3.63, 3.8) is 0 Å². The Kier molecular flexibility index (Phi) is 33.0. The zero-order chi connectivity index (χ0) is 30.4. The van der Waals surface area contributed by atoms with E-state index in [0.717, 1.165) is 38.9 Å². The Morgan fingerprint density at radius 1 is 0.395 bits per heavy atom. The predicted octanol–water partition coefficient (Wildman–Crippen LogP) is 7.97. The molecule has 2 fully saturated rings. The maximum atomic E-state index is 10.2. The van der Waals surface area contributed by atoms with Crippen LogP contribution in [0.3, 0.4) is 0 Å². The smallest absolute Gasteiger partial charge is 0.550 e. The third kappa shape index (κ3) is 37.9. The molecule has 6 nitrogen and oxygen atoms in total. The summed E-state index contributed by atoms with van der Waals surface area (Å²) in [5.74, 6) is -1.81. The van der Waals surface area contributed by atoms with Crippen molar-refractivity contribution in [3.8, 4) is 0 Å². The number of carbonyl (C=O) groups is 2. The van der Waals surface area contributed by atoms with E-state index in [-0.39, 0.29) is 40.1 Å². The zero-order valence-electron chi connectivity index (χ0n) is 27.9. The van der Waals surface area contributed by atoms with E-state index in [1.165, 1.54) is 154 Å². The maximum absolute atomic E-state index is 10.2. The molecular weight excluding hydrogens is 641 g/mol. The first-order valence-corrected chi connectivity index (χ1v) is 18.2. The van der Waals surface area contributed by atoms with E-state index in [1.54, 1.807) is 0 Å². The summed E-state index contributed by atoms with van der Waals surface area (Å²) < 4.78 is 10.4. The van der Waals surface area contributed by atoms with Crippen molar-refractivity contribution in [1.82, 2.24) is 0 Å². The van der Waals surface area contributed by atoms with Gasteiger partial charge in [0.05, 0.1) is 25.4 Å². The molecule has 0 N–H and O–H groups in total.